The molecule has 1 aliphatic heterocycles. The van der Waals surface area contributed by atoms with Crippen molar-refractivity contribution < 1.29 is 4.74 Å². The van der Waals surface area contributed by atoms with E-state index in [9.17, 15) is 0 Å². The number of hydrogen-bond acceptors (Lipinski definition) is 3. The number of nitrogens with one attached hydrogen (secondary N) is 1. The zero-order chi connectivity index (χ0) is 15.1. The van der Waals surface area contributed by atoms with Crippen LogP contribution >= 0.6 is 15.9 Å². The van der Waals surface area contributed by atoms with Gasteiger partial charge in [0.15, 0.2) is 0 Å². The summed E-state index contributed by atoms with van der Waals surface area (Å²) < 4.78 is 6.91. The van der Waals surface area contributed by atoms with E-state index in [0.29, 0.717) is 12.1 Å². The third-order valence-electron chi connectivity index (χ3n) is 4.07. The average molecular weight is 355 g/mol. The predicted molar refractivity (Wildman–Crippen MR) is 91.6 cm³/mol. The number of hydrogen-bond donors (Lipinski definition) is 1. The van der Waals surface area contributed by atoms with Crippen molar-refractivity contribution in [1.82, 2.24) is 10.2 Å². The van der Waals surface area contributed by atoms with Crippen LogP contribution in [-0.4, -0.2) is 44.3 Å². The van der Waals surface area contributed by atoms with E-state index in [1.54, 1.807) is 0 Å². The molecule has 1 N–H and O–H groups in total. The molecule has 1 aromatic carbocycles. The lowest BCUT2D eigenvalue weighted by Gasteiger charge is -2.25. The molecule has 118 valence electrons. The number of likely N-dealkylation sites (N-methyl/N-ethyl adjacent to an activating group) is 1. The Balaban J connectivity index is 1.86. The minimum absolute atomic E-state index is 0.400. The van der Waals surface area contributed by atoms with E-state index in [1.165, 1.54) is 22.9 Å². The summed E-state index contributed by atoms with van der Waals surface area (Å²) in [6.07, 6.45) is 3.98. The van der Waals surface area contributed by atoms with Crippen LogP contribution in [0.3, 0.4) is 0 Å². The van der Waals surface area contributed by atoms with Crippen LogP contribution < -0.4 is 5.32 Å². The maximum atomic E-state index is 5.72. The molecular formula is C17H27BrN2O. The molecule has 21 heavy (non-hydrogen) atoms. The molecule has 0 aromatic heterocycles. The van der Waals surface area contributed by atoms with Crippen molar-refractivity contribution in [2.45, 2.75) is 38.3 Å². The summed E-state index contributed by atoms with van der Waals surface area (Å²) in [4.78, 5) is 2.40. The van der Waals surface area contributed by atoms with Gasteiger partial charge in [-0.05, 0) is 51.0 Å². The number of benzene rings is 1. The quantitative estimate of drug-likeness (QED) is 0.771. The molecule has 1 fully saturated rings. The molecule has 0 aliphatic carbocycles. The molecule has 0 amide bonds. The number of halogens is 1. The van der Waals surface area contributed by atoms with E-state index in [1.807, 2.05) is 0 Å². The van der Waals surface area contributed by atoms with E-state index >= 15 is 0 Å². The highest BCUT2D eigenvalue weighted by molar-refractivity contribution is 9.10. The van der Waals surface area contributed by atoms with Crippen LogP contribution in [0.5, 0.6) is 0 Å². The second kappa shape index (κ2) is 8.89. The number of rotatable bonds is 8. The second-order valence-corrected chi connectivity index (χ2v) is 6.67. The molecule has 2 unspecified atom stereocenters. The second-order valence-electron chi connectivity index (χ2n) is 5.82. The topological polar surface area (TPSA) is 24.5 Å². The van der Waals surface area contributed by atoms with Crippen molar-refractivity contribution >= 4 is 15.9 Å². The fourth-order valence-electron chi connectivity index (χ4n) is 2.95. The lowest BCUT2D eigenvalue weighted by Crippen LogP contribution is -2.32. The molecular weight excluding hydrogens is 328 g/mol. The van der Waals surface area contributed by atoms with E-state index in [4.69, 9.17) is 4.74 Å². The van der Waals surface area contributed by atoms with E-state index < -0.39 is 0 Å². The predicted octanol–water partition coefficient (Wildman–Crippen LogP) is 3.60. The molecule has 0 radical (unpaired) electrons. The summed E-state index contributed by atoms with van der Waals surface area (Å²) in [7, 11) is 2.20. The van der Waals surface area contributed by atoms with Gasteiger partial charge in [0.1, 0.15) is 0 Å². The standard InChI is InChI=1S/C17H27BrN2O/c1-3-19-17(15-8-4-5-9-16(15)18)10-11-20(2)13-14-7-6-12-21-14/h4-5,8-9,14,17,19H,3,6-7,10-13H2,1-2H3. The van der Waals surface area contributed by atoms with E-state index in [2.05, 4.69) is 64.4 Å². The zero-order valence-corrected chi connectivity index (χ0v) is 14.7. The van der Waals surface area contributed by atoms with Gasteiger partial charge < -0.3 is 15.0 Å². The molecule has 1 aromatic rings. The third-order valence-corrected chi connectivity index (χ3v) is 4.79. The van der Waals surface area contributed by atoms with Gasteiger partial charge in [-0.1, -0.05) is 41.1 Å². The zero-order valence-electron chi connectivity index (χ0n) is 13.1. The molecule has 0 saturated carbocycles. The lowest BCUT2D eigenvalue weighted by atomic mass is 10.0. The van der Waals surface area contributed by atoms with Gasteiger partial charge in [0.05, 0.1) is 6.10 Å². The highest BCUT2D eigenvalue weighted by atomic mass is 79.9. The van der Waals surface area contributed by atoms with Crippen LogP contribution in [0.15, 0.2) is 28.7 Å². The van der Waals surface area contributed by atoms with Crippen LogP contribution in [0.1, 0.15) is 37.8 Å². The van der Waals surface area contributed by atoms with Gasteiger partial charge in [0.2, 0.25) is 0 Å². The first-order valence-corrected chi connectivity index (χ1v) is 8.78. The molecule has 0 spiro atoms. The van der Waals surface area contributed by atoms with Crippen molar-refractivity contribution in [1.29, 1.82) is 0 Å². The Hall–Kier alpha value is -0.420. The Bertz CT molecular complexity index is 421. The minimum atomic E-state index is 0.400. The number of nitrogens with zero attached hydrogens (tertiary/aromatic N) is 1. The Labute approximate surface area is 137 Å². The van der Waals surface area contributed by atoms with Gasteiger partial charge in [0.25, 0.3) is 0 Å². The van der Waals surface area contributed by atoms with Crippen molar-refractivity contribution in [2.24, 2.45) is 0 Å². The van der Waals surface area contributed by atoms with Gasteiger partial charge in [-0.15, -0.1) is 0 Å². The van der Waals surface area contributed by atoms with Crippen molar-refractivity contribution in [3.8, 4) is 0 Å². The first kappa shape index (κ1) is 16.9. The molecule has 4 heteroatoms. The molecule has 0 bridgehead atoms. The van der Waals surface area contributed by atoms with Crippen LogP contribution in [-0.2, 0) is 4.74 Å². The van der Waals surface area contributed by atoms with Crippen molar-refractivity contribution in [2.75, 3.05) is 33.3 Å². The van der Waals surface area contributed by atoms with Crippen LogP contribution in [0.25, 0.3) is 0 Å². The lowest BCUT2D eigenvalue weighted by molar-refractivity contribution is 0.0801. The fourth-order valence-corrected chi connectivity index (χ4v) is 3.51. The van der Waals surface area contributed by atoms with Crippen LogP contribution in [0, 0.1) is 0 Å². The smallest absolute Gasteiger partial charge is 0.0702 e. The molecule has 3 nitrogen and oxygen atoms in total. The summed E-state index contributed by atoms with van der Waals surface area (Å²) in [5.74, 6) is 0. The minimum Gasteiger partial charge on any atom is -0.377 e. The number of ether oxygens (including phenoxy) is 1. The van der Waals surface area contributed by atoms with E-state index in [-0.39, 0.29) is 0 Å². The fraction of sp³-hybridized carbons (Fsp3) is 0.647. The summed E-state index contributed by atoms with van der Waals surface area (Å²) in [5.41, 5.74) is 1.35. The van der Waals surface area contributed by atoms with Gasteiger partial charge in [-0.25, -0.2) is 0 Å². The molecule has 2 rings (SSSR count). The SMILES string of the molecule is CCNC(CCN(C)CC1CCCO1)c1ccccc1Br. The Morgan fingerprint density at radius 3 is 2.90 bits per heavy atom. The van der Waals surface area contributed by atoms with Gasteiger partial charge in [0, 0.05) is 23.7 Å². The highest BCUT2D eigenvalue weighted by Gasteiger charge is 2.19. The van der Waals surface area contributed by atoms with Crippen molar-refractivity contribution in [3.63, 3.8) is 0 Å². The maximum absolute atomic E-state index is 5.72. The molecule has 1 heterocycles. The summed E-state index contributed by atoms with van der Waals surface area (Å²) >= 11 is 3.67. The Morgan fingerprint density at radius 2 is 2.24 bits per heavy atom. The summed E-state index contributed by atoms with van der Waals surface area (Å²) in [6.45, 7) is 6.23. The first-order chi connectivity index (χ1) is 10.2. The summed E-state index contributed by atoms with van der Waals surface area (Å²) in [5, 5.41) is 3.60. The molecule has 1 aliphatic rings. The van der Waals surface area contributed by atoms with Gasteiger partial charge >= 0.3 is 0 Å². The van der Waals surface area contributed by atoms with Crippen LogP contribution in [0.4, 0.5) is 0 Å². The van der Waals surface area contributed by atoms with Crippen molar-refractivity contribution in [3.05, 3.63) is 34.3 Å². The highest BCUT2D eigenvalue weighted by Crippen LogP contribution is 2.25. The Morgan fingerprint density at radius 1 is 1.43 bits per heavy atom. The summed E-state index contributed by atoms with van der Waals surface area (Å²) in [6, 6.07) is 8.91. The molecule has 1 saturated heterocycles. The van der Waals surface area contributed by atoms with Gasteiger partial charge in [-0.2, -0.15) is 0 Å². The Kier molecular flexibility index (Phi) is 7.17. The first-order valence-electron chi connectivity index (χ1n) is 7.98. The van der Waals surface area contributed by atoms with Gasteiger partial charge in [-0.3, -0.25) is 0 Å². The monoisotopic (exact) mass is 354 g/mol. The average Bonchev–Trinajstić information content (AvgIpc) is 2.97. The normalized spacial score (nSPS) is 20.1. The molecule has 2 atom stereocenters. The van der Waals surface area contributed by atoms with Crippen LogP contribution in [0.2, 0.25) is 0 Å². The maximum Gasteiger partial charge on any atom is 0.0702 e. The largest absolute Gasteiger partial charge is 0.377 e. The van der Waals surface area contributed by atoms with E-state index in [0.717, 1.165) is 32.7 Å². The third kappa shape index (κ3) is 5.37.